The van der Waals surface area contributed by atoms with Crippen molar-refractivity contribution >= 4 is 6.03 Å². The van der Waals surface area contributed by atoms with Crippen LogP contribution >= 0.6 is 0 Å². The number of aliphatic hydroxyl groups is 1. The van der Waals surface area contributed by atoms with E-state index in [1.807, 2.05) is 43.5 Å². The number of nitrogens with one attached hydrogen (secondary N) is 1. The lowest BCUT2D eigenvalue weighted by atomic mass is 10.1. The molecule has 0 spiro atoms. The summed E-state index contributed by atoms with van der Waals surface area (Å²) in [7, 11) is 1.66. The lowest BCUT2D eigenvalue weighted by Gasteiger charge is -2.23. The molecular weight excluding hydrogens is 280 g/mol. The maximum Gasteiger partial charge on any atom is 0.317 e. The average molecular weight is 302 g/mol. The predicted molar refractivity (Wildman–Crippen MR) is 84.8 cm³/mol. The monoisotopic (exact) mass is 302 g/mol. The number of aliphatic hydroxyl groups excluding tert-OH is 1. The molecule has 2 amide bonds. The van der Waals surface area contributed by atoms with Crippen molar-refractivity contribution in [3.63, 3.8) is 0 Å². The number of amides is 2. The van der Waals surface area contributed by atoms with Crippen LogP contribution in [0.2, 0.25) is 0 Å². The standard InChI is InChI=1S/C16H22N4O2/c1-12(21)11-19(3)16(22)18-13(2)14-7-4-5-8-15(14)20-10-6-9-17-20/h4-10,12-13,21H,11H2,1-3H3,(H,18,22). The molecular formula is C16H22N4O2. The molecule has 118 valence electrons. The van der Waals surface area contributed by atoms with E-state index in [0.717, 1.165) is 11.3 Å². The molecule has 1 heterocycles. The van der Waals surface area contributed by atoms with Crippen molar-refractivity contribution in [2.75, 3.05) is 13.6 Å². The van der Waals surface area contributed by atoms with Gasteiger partial charge >= 0.3 is 6.03 Å². The van der Waals surface area contributed by atoms with Crippen LogP contribution in [0.5, 0.6) is 0 Å². The van der Waals surface area contributed by atoms with Gasteiger partial charge in [-0.1, -0.05) is 18.2 Å². The molecule has 2 aromatic rings. The number of hydrogen-bond acceptors (Lipinski definition) is 3. The van der Waals surface area contributed by atoms with E-state index < -0.39 is 6.10 Å². The molecule has 22 heavy (non-hydrogen) atoms. The van der Waals surface area contributed by atoms with Crippen molar-refractivity contribution in [2.45, 2.75) is 26.0 Å². The highest BCUT2D eigenvalue weighted by molar-refractivity contribution is 5.74. The molecule has 1 aromatic carbocycles. The number of benzene rings is 1. The van der Waals surface area contributed by atoms with E-state index in [0.29, 0.717) is 6.54 Å². The Labute approximate surface area is 130 Å². The summed E-state index contributed by atoms with van der Waals surface area (Å²) < 4.78 is 1.78. The van der Waals surface area contributed by atoms with Gasteiger partial charge in [0.2, 0.25) is 0 Å². The number of rotatable bonds is 5. The van der Waals surface area contributed by atoms with E-state index in [-0.39, 0.29) is 12.1 Å². The minimum atomic E-state index is -0.553. The smallest absolute Gasteiger partial charge is 0.317 e. The van der Waals surface area contributed by atoms with Crippen molar-refractivity contribution in [1.29, 1.82) is 0 Å². The van der Waals surface area contributed by atoms with E-state index in [2.05, 4.69) is 10.4 Å². The zero-order valence-electron chi connectivity index (χ0n) is 13.1. The van der Waals surface area contributed by atoms with Gasteiger partial charge in [-0.3, -0.25) is 0 Å². The molecule has 0 aliphatic rings. The number of aromatic nitrogens is 2. The summed E-state index contributed by atoms with van der Waals surface area (Å²) in [6, 6.07) is 9.27. The average Bonchev–Trinajstić information content (AvgIpc) is 3.00. The van der Waals surface area contributed by atoms with Gasteiger partial charge in [-0.25, -0.2) is 9.48 Å². The Hall–Kier alpha value is -2.34. The number of urea groups is 1. The zero-order valence-corrected chi connectivity index (χ0v) is 13.1. The first kappa shape index (κ1) is 16.0. The third kappa shape index (κ3) is 3.85. The molecule has 1 aromatic heterocycles. The Morgan fingerprint density at radius 1 is 1.36 bits per heavy atom. The molecule has 2 N–H and O–H groups in total. The van der Waals surface area contributed by atoms with Crippen LogP contribution in [0.25, 0.3) is 5.69 Å². The van der Waals surface area contributed by atoms with Gasteiger partial charge in [0.1, 0.15) is 0 Å². The Bertz CT molecular complexity index is 610. The summed E-state index contributed by atoms with van der Waals surface area (Å²) in [5.74, 6) is 0. The van der Waals surface area contributed by atoms with Gasteiger partial charge in [0.15, 0.2) is 0 Å². The van der Waals surface area contributed by atoms with Crippen LogP contribution in [0.4, 0.5) is 4.79 Å². The molecule has 2 unspecified atom stereocenters. The Balaban J connectivity index is 2.13. The lowest BCUT2D eigenvalue weighted by Crippen LogP contribution is -2.41. The van der Waals surface area contributed by atoms with E-state index in [9.17, 15) is 9.90 Å². The largest absolute Gasteiger partial charge is 0.392 e. The Morgan fingerprint density at radius 2 is 2.09 bits per heavy atom. The molecule has 0 saturated carbocycles. The van der Waals surface area contributed by atoms with Crippen LogP contribution in [0.15, 0.2) is 42.7 Å². The van der Waals surface area contributed by atoms with Crippen molar-refractivity contribution in [1.82, 2.24) is 20.0 Å². The first-order valence-electron chi connectivity index (χ1n) is 7.27. The third-order valence-corrected chi connectivity index (χ3v) is 3.38. The maximum absolute atomic E-state index is 12.1. The summed E-state index contributed by atoms with van der Waals surface area (Å²) in [4.78, 5) is 13.6. The highest BCUT2D eigenvalue weighted by Crippen LogP contribution is 2.21. The van der Waals surface area contributed by atoms with E-state index >= 15 is 0 Å². The topological polar surface area (TPSA) is 70.4 Å². The van der Waals surface area contributed by atoms with E-state index in [1.54, 1.807) is 24.9 Å². The van der Waals surface area contributed by atoms with E-state index in [1.165, 1.54) is 4.90 Å². The van der Waals surface area contributed by atoms with E-state index in [4.69, 9.17) is 0 Å². The van der Waals surface area contributed by atoms with Gasteiger partial charge in [-0.05, 0) is 31.5 Å². The molecule has 0 radical (unpaired) electrons. The van der Waals surface area contributed by atoms with Gasteiger partial charge in [0.25, 0.3) is 0 Å². The highest BCUT2D eigenvalue weighted by atomic mass is 16.3. The third-order valence-electron chi connectivity index (χ3n) is 3.38. The Morgan fingerprint density at radius 3 is 2.73 bits per heavy atom. The van der Waals surface area contributed by atoms with Gasteiger partial charge in [0, 0.05) is 26.0 Å². The number of nitrogens with zero attached hydrogens (tertiary/aromatic N) is 3. The molecule has 0 fully saturated rings. The second-order valence-corrected chi connectivity index (χ2v) is 5.41. The van der Waals surface area contributed by atoms with Crippen molar-refractivity contribution in [2.24, 2.45) is 0 Å². The predicted octanol–water partition coefficient (Wildman–Crippen LogP) is 1.96. The first-order chi connectivity index (χ1) is 10.5. The quantitative estimate of drug-likeness (QED) is 0.887. The fourth-order valence-electron chi connectivity index (χ4n) is 2.33. The molecule has 2 rings (SSSR count). The van der Waals surface area contributed by atoms with Crippen molar-refractivity contribution in [3.8, 4) is 5.69 Å². The molecule has 0 saturated heterocycles. The number of carbonyl (C=O) groups is 1. The van der Waals surface area contributed by atoms with Crippen LogP contribution in [0.3, 0.4) is 0 Å². The maximum atomic E-state index is 12.1. The van der Waals surface area contributed by atoms with Gasteiger partial charge < -0.3 is 15.3 Å². The number of para-hydroxylation sites is 1. The van der Waals surface area contributed by atoms with Crippen LogP contribution < -0.4 is 5.32 Å². The van der Waals surface area contributed by atoms with Crippen LogP contribution in [0, 0.1) is 0 Å². The summed E-state index contributed by atoms with van der Waals surface area (Å²) in [6.07, 6.45) is 3.03. The van der Waals surface area contributed by atoms with Crippen LogP contribution in [-0.2, 0) is 0 Å². The summed E-state index contributed by atoms with van der Waals surface area (Å²) in [5, 5.41) is 16.5. The fourth-order valence-corrected chi connectivity index (χ4v) is 2.33. The van der Waals surface area contributed by atoms with Crippen molar-refractivity contribution < 1.29 is 9.90 Å². The molecule has 0 bridgehead atoms. The highest BCUT2D eigenvalue weighted by Gasteiger charge is 2.17. The van der Waals surface area contributed by atoms with Gasteiger partial charge in [0.05, 0.1) is 17.8 Å². The SMILES string of the molecule is CC(O)CN(C)C(=O)NC(C)c1ccccc1-n1cccn1. The first-order valence-corrected chi connectivity index (χ1v) is 7.27. The molecule has 6 heteroatoms. The molecule has 0 aliphatic carbocycles. The lowest BCUT2D eigenvalue weighted by molar-refractivity contribution is 0.142. The summed E-state index contributed by atoms with van der Waals surface area (Å²) in [6.45, 7) is 3.87. The zero-order chi connectivity index (χ0) is 16.1. The minimum absolute atomic E-state index is 0.177. The summed E-state index contributed by atoms with van der Waals surface area (Å²) in [5.41, 5.74) is 1.91. The summed E-state index contributed by atoms with van der Waals surface area (Å²) >= 11 is 0. The minimum Gasteiger partial charge on any atom is -0.392 e. The van der Waals surface area contributed by atoms with Crippen LogP contribution in [-0.4, -0.2) is 45.5 Å². The van der Waals surface area contributed by atoms with Gasteiger partial charge in [-0.15, -0.1) is 0 Å². The number of carbonyl (C=O) groups excluding carboxylic acids is 1. The van der Waals surface area contributed by atoms with Crippen molar-refractivity contribution in [3.05, 3.63) is 48.3 Å². The Kier molecular flexibility index (Phi) is 5.16. The molecule has 0 aliphatic heterocycles. The second kappa shape index (κ2) is 7.09. The number of likely N-dealkylation sites (N-methyl/N-ethyl adjacent to an activating group) is 1. The normalized spacial score (nSPS) is 13.5. The second-order valence-electron chi connectivity index (χ2n) is 5.41. The number of hydrogen-bond donors (Lipinski definition) is 2. The fraction of sp³-hybridized carbons (Fsp3) is 0.375. The van der Waals surface area contributed by atoms with Crippen LogP contribution in [0.1, 0.15) is 25.5 Å². The van der Waals surface area contributed by atoms with Gasteiger partial charge in [-0.2, -0.15) is 5.10 Å². The molecule has 2 atom stereocenters. The molecule has 6 nitrogen and oxygen atoms in total.